The Labute approximate surface area is 156 Å². The topological polar surface area (TPSA) is 87.2 Å². The number of fused-ring (bicyclic) bond motifs is 1. The average molecular weight is 423 g/mol. The SMILES string of the molecule is CCn1c(O)c(N=NC(=O)c2cc(Cl)ccc2O)c2cc(Br)ccc21. The molecule has 0 unspecified atom stereocenters. The zero-order valence-corrected chi connectivity index (χ0v) is 15.4. The standard InChI is InChI=1S/C17H13BrClN3O3/c1-2-22-13-5-3-9(18)7-11(13)15(17(22)25)20-21-16(24)12-8-10(19)4-6-14(12)23/h3-8,23,25H,2H2,1H3. The van der Waals surface area contributed by atoms with Gasteiger partial charge in [-0.2, -0.15) is 0 Å². The molecule has 1 heterocycles. The van der Waals surface area contributed by atoms with Crippen LogP contribution in [0.1, 0.15) is 17.3 Å². The van der Waals surface area contributed by atoms with Gasteiger partial charge in [0.2, 0.25) is 5.88 Å². The van der Waals surface area contributed by atoms with Gasteiger partial charge in [-0.3, -0.25) is 4.79 Å². The number of phenolic OH excluding ortho intramolecular Hbond substituents is 1. The van der Waals surface area contributed by atoms with Crippen molar-refractivity contribution in [1.29, 1.82) is 0 Å². The number of nitrogens with zero attached hydrogens (tertiary/aromatic N) is 3. The number of phenols is 1. The van der Waals surface area contributed by atoms with Crippen LogP contribution < -0.4 is 0 Å². The Morgan fingerprint density at radius 2 is 2.00 bits per heavy atom. The minimum absolute atomic E-state index is 0.0591. The summed E-state index contributed by atoms with van der Waals surface area (Å²) in [6.45, 7) is 2.42. The Bertz CT molecular complexity index is 1010. The van der Waals surface area contributed by atoms with E-state index in [1.807, 2.05) is 19.1 Å². The van der Waals surface area contributed by atoms with Crippen molar-refractivity contribution in [2.24, 2.45) is 10.2 Å². The first-order chi connectivity index (χ1) is 11.9. The molecule has 0 aliphatic heterocycles. The lowest BCUT2D eigenvalue weighted by Crippen LogP contribution is -1.94. The molecule has 0 spiro atoms. The smallest absolute Gasteiger partial charge is 0.299 e. The Balaban J connectivity index is 2.07. The zero-order valence-electron chi connectivity index (χ0n) is 13.1. The molecule has 3 rings (SSSR count). The van der Waals surface area contributed by atoms with Gasteiger partial charge in [-0.15, -0.1) is 10.2 Å². The first-order valence-corrected chi connectivity index (χ1v) is 8.54. The average Bonchev–Trinajstić information content (AvgIpc) is 2.85. The molecule has 3 aromatic rings. The number of halogens is 2. The van der Waals surface area contributed by atoms with E-state index < -0.39 is 5.91 Å². The van der Waals surface area contributed by atoms with Crippen molar-refractivity contribution in [2.45, 2.75) is 13.5 Å². The summed E-state index contributed by atoms with van der Waals surface area (Å²) in [6.07, 6.45) is 0. The van der Waals surface area contributed by atoms with Gasteiger partial charge in [-0.1, -0.05) is 27.5 Å². The van der Waals surface area contributed by atoms with E-state index in [0.717, 1.165) is 9.99 Å². The Morgan fingerprint density at radius 1 is 1.24 bits per heavy atom. The number of rotatable bonds is 3. The molecule has 0 bridgehead atoms. The summed E-state index contributed by atoms with van der Waals surface area (Å²) in [5, 5.41) is 28.7. The number of amides is 1. The normalized spacial score (nSPS) is 11.5. The van der Waals surface area contributed by atoms with Gasteiger partial charge in [0.25, 0.3) is 5.91 Å². The van der Waals surface area contributed by atoms with Gasteiger partial charge in [-0.05, 0) is 43.3 Å². The molecule has 1 amide bonds. The number of benzene rings is 2. The number of aromatic hydroxyl groups is 2. The fraction of sp³-hybridized carbons (Fsp3) is 0.118. The van der Waals surface area contributed by atoms with Crippen molar-refractivity contribution in [3.05, 3.63) is 51.5 Å². The van der Waals surface area contributed by atoms with Crippen molar-refractivity contribution in [3.63, 3.8) is 0 Å². The number of hydrogen-bond donors (Lipinski definition) is 2. The predicted octanol–water partition coefficient (Wildman–Crippen LogP) is 5.41. The van der Waals surface area contributed by atoms with Crippen LogP contribution in [0.15, 0.2) is 51.1 Å². The van der Waals surface area contributed by atoms with Gasteiger partial charge in [0.05, 0.1) is 11.1 Å². The minimum Gasteiger partial charge on any atom is -0.507 e. The molecule has 25 heavy (non-hydrogen) atoms. The summed E-state index contributed by atoms with van der Waals surface area (Å²) in [5.74, 6) is -1.08. The lowest BCUT2D eigenvalue weighted by atomic mass is 10.2. The van der Waals surface area contributed by atoms with Crippen LogP contribution in [-0.2, 0) is 6.54 Å². The summed E-state index contributed by atoms with van der Waals surface area (Å²) in [5.41, 5.74) is 0.902. The maximum absolute atomic E-state index is 12.2. The van der Waals surface area contributed by atoms with Gasteiger partial charge in [-0.25, -0.2) is 0 Å². The summed E-state index contributed by atoms with van der Waals surface area (Å²) >= 11 is 9.22. The summed E-state index contributed by atoms with van der Waals surface area (Å²) < 4.78 is 2.47. The monoisotopic (exact) mass is 421 g/mol. The summed E-state index contributed by atoms with van der Waals surface area (Å²) in [7, 11) is 0. The molecule has 0 fully saturated rings. The van der Waals surface area contributed by atoms with E-state index in [4.69, 9.17) is 11.6 Å². The van der Waals surface area contributed by atoms with Crippen LogP contribution in [0.25, 0.3) is 10.9 Å². The van der Waals surface area contributed by atoms with E-state index in [9.17, 15) is 15.0 Å². The number of hydrogen-bond acceptors (Lipinski definition) is 4. The number of aryl methyl sites for hydroxylation is 1. The van der Waals surface area contributed by atoms with Crippen molar-refractivity contribution in [3.8, 4) is 11.6 Å². The number of azo groups is 1. The zero-order chi connectivity index (χ0) is 18.1. The molecule has 0 saturated heterocycles. The number of carbonyl (C=O) groups excluding carboxylic acids is 1. The second-order valence-corrected chi connectivity index (χ2v) is 6.60. The van der Waals surface area contributed by atoms with Crippen LogP contribution >= 0.6 is 27.5 Å². The van der Waals surface area contributed by atoms with Crippen LogP contribution in [-0.4, -0.2) is 20.7 Å². The quantitative estimate of drug-likeness (QED) is 0.553. The molecule has 0 aliphatic carbocycles. The van der Waals surface area contributed by atoms with Crippen LogP contribution in [0.5, 0.6) is 11.6 Å². The fourth-order valence-electron chi connectivity index (χ4n) is 2.54. The minimum atomic E-state index is -0.758. The second-order valence-electron chi connectivity index (χ2n) is 5.24. The van der Waals surface area contributed by atoms with Gasteiger partial charge < -0.3 is 14.8 Å². The highest BCUT2D eigenvalue weighted by molar-refractivity contribution is 9.10. The molecule has 2 aromatic carbocycles. The number of carbonyl (C=O) groups is 1. The van der Waals surface area contributed by atoms with Crippen LogP contribution in [0, 0.1) is 0 Å². The van der Waals surface area contributed by atoms with Gasteiger partial charge in [0.1, 0.15) is 5.75 Å². The molecule has 0 saturated carbocycles. The molecule has 6 nitrogen and oxygen atoms in total. The van der Waals surface area contributed by atoms with Gasteiger partial charge >= 0.3 is 0 Å². The largest absolute Gasteiger partial charge is 0.507 e. The van der Waals surface area contributed by atoms with Crippen molar-refractivity contribution >= 4 is 50.0 Å². The van der Waals surface area contributed by atoms with E-state index in [1.165, 1.54) is 18.2 Å². The highest BCUT2D eigenvalue weighted by Crippen LogP contribution is 2.40. The van der Waals surface area contributed by atoms with Gasteiger partial charge in [0, 0.05) is 21.4 Å². The first kappa shape index (κ1) is 17.4. The van der Waals surface area contributed by atoms with Crippen LogP contribution in [0.2, 0.25) is 5.02 Å². The van der Waals surface area contributed by atoms with Crippen molar-refractivity contribution in [1.82, 2.24) is 4.57 Å². The van der Waals surface area contributed by atoms with Crippen molar-refractivity contribution in [2.75, 3.05) is 0 Å². The highest BCUT2D eigenvalue weighted by atomic mass is 79.9. The number of aromatic nitrogens is 1. The maximum atomic E-state index is 12.2. The Hall–Kier alpha value is -2.38. The Morgan fingerprint density at radius 3 is 2.72 bits per heavy atom. The van der Waals surface area contributed by atoms with Crippen LogP contribution in [0.3, 0.4) is 0 Å². The predicted molar refractivity (Wildman–Crippen MR) is 98.9 cm³/mol. The molecule has 1 aromatic heterocycles. The third-order valence-electron chi connectivity index (χ3n) is 3.72. The molecule has 0 atom stereocenters. The molecular weight excluding hydrogens is 410 g/mol. The molecule has 128 valence electrons. The molecular formula is C17H13BrClN3O3. The lowest BCUT2D eigenvalue weighted by Gasteiger charge is -2.01. The first-order valence-electron chi connectivity index (χ1n) is 7.37. The third-order valence-corrected chi connectivity index (χ3v) is 4.45. The van der Waals surface area contributed by atoms with E-state index in [2.05, 4.69) is 26.2 Å². The van der Waals surface area contributed by atoms with E-state index in [1.54, 1.807) is 10.6 Å². The molecule has 2 N–H and O–H groups in total. The molecule has 8 heteroatoms. The molecule has 0 aliphatic rings. The highest BCUT2D eigenvalue weighted by Gasteiger charge is 2.17. The maximum Gasteiger partial charge on any atom is 0.299 e. The Kier molecular flexibility index (Phi) is 4.78. The second kappa shape index (κ2) is 6.85. The third kappa shape index (κ3) is 3.25. The van der Waals surface area contributed by atoms with Crippen molar-refractivity contribution < 1.29 is 15.0 Å². The van der Waals surface area contributed by atoms with Crippen LogP contribution in [0.4, 0.5) is 5.69 Å². The summed E-state index contributed by atoms with van der Waals surface area (Å²) in [6, 6.07) is 9.56. The van der Waals surface area contributed by atoms with E-state index in [-0.39, 0.29) is 22.9 Å². The van der Waals surface area contributed by atoms with Gasteiger partial charge in [0.15, 0.2) is 5.69 Å². The molecule has 0 radical (unpaired) electrons. The van der Waals surface area contributed by atoms with E-state index in [0.29, 0.717) is 17.0 Å². The van der Waals surface area contributed by atoms with E-state index >= 15 is 0 Å². The summed E-state index contributed by atoms with van der Waals surface area (Å²) in [4.78, 5) is 12.2. The lowest BCUT2D eigenvalue weighted by molar-refractivity contribution is 0.0992. The fourth-order valence-corrected chi connectivity index (χ4v) is 3.08.